The lowest BCUT2D eigenvalue weighted by molar-refractivity contribution is 0.386. The van der Waals surface area contributed by atoms with E-state index < -0.39 is 5.92 Å². The molecule has 0 amide bonds. The fourth-order valence-electron chi connectivity index (χ4n) is 3.23. The van der Waals surface area contributed by atoms with Crippen molar-refractivity contribution >= 4 is 27.5 Å². The van der Waals surface area contributed by atoms with E-state index in [0.717, 1.165) is 16.8 Å². The third kappa shape index (κ3) is 3.33. The quantitative estimate of drug-likeness (QED) is 0.788. The van der Waals surface area contributed by atoms with Crippen molar-refractivity contribution in [2.75, 3.05) is 33.2 Å². The van der Waals surface area contributed by atoms with Crippen LogP contribution in [0.3, 0.4) is 0 Å². The van der Waals surface area contributed by atoms with E-state index in [0.29, 0.717) is 21.7 Å². The molecular formula is C20H20BrN3O3. The predicted octanol–water partition coefficient (Wildman–Crippen LogP) is 4.17. The molecule has 0 radical (unpaired) electrons. The van der Waals surface area contributed by atoms with Gasteiger partial charge in [0.05, 0.1) is 20.3 Å². The van der Waals surface area contributed by atoms with E-state index in [-0.39, 0.29) is 11.8 Å². The number of methoxy groups -OCH3 is 2. The number of hydrogen-bond donors (Lipinski definition) is 1. The van der Waals surface area contributed by atoms with Gasteiger partial charge in [0.2, 0.25) is 5.90 Å². The van der Waals surface area contributed by atoms with Crippen molar-refractivity contribution in [1.82, 2.24) is 0 Å². The molecule has 2 aromatic rings. The van der Waals surface area contributed by atoms with E-state index in [1.807, 2.05) is 49.3 Å². The molecule has 2 aromatic carbocycles. The number of hydrogen-bond acceptors (Lipinski definition) is 6. The largest absolute Gasteiger partial charge is 0.495 e. The first-order valence-electron chi connectivity index (χ1n) is 8.29. The predicted molar refractivity (Wildman–Crippen MR) is 107 cm³/mol. The molecule has 0 fully saturated rings. The number of halogens is 1. The highest BCUT2D eigenvalue weighted by Gasteiger charge is 2.37. The van der Waals surface area contributed by atoms with Gasteiger partial charge in [-0.2, -0.15) is 5.26 Å². The number of rotatable bonds is 4. The topological polar surface area (TPSA) is 78.6 Å². The van der Waals surface area contributed by atoms with E-state index >= 15 is 0 Å². The zero-order valence-electron chi connectivity index (χ0n) is 15.5. The Hall–Kier alpha value is -2.72. The first-order chi connectivity index (χ1) is 12.9. The Balaban J connectivity index is 2.22. The Bertz CT molecular complexity index is 912. The lowest BCUT2D eigenvalue weighted by atomic mass is 9.79. The highest BCUT2D eigenvalue weighted by Crippen LogP contribution is 2.46. The molecule has 1 aliphatic heterocycles. The molecule has 1 heterocycles. The first-order valence-corrected chi connectivity index (χ1v) is 9.09. The molecule has 1 N–H and O–H groups in total. The van der Waals surface area contributed by atoms with Gasteiger partial charge in [0.1, 0.15) is 27.6 Å². The fourth-order valence-corrected chi connectivity index (χ4v) is 3.79. The van der Waals surface area contributed by atoms with Crippen LogP contribution in [-0.2, 0) is 0 Å². The zero-order chi connectivity index (χ0) is 19.7. The van der Waals surface area contributed by atoms with Crippen LogP contribution in [0, 0.1) is 22.7 Å². The molecule has 2 atom stereocenters. The van der Waals surface area contributed by atoms with E-state index in [9.17, 15) is 5.26 Å². The summed E-state index contributed by atoms with van der Waals surface area (Å²) in [4.78, 5) is 1.96. The summed E-state index contributed by atoms with van der Waals surface area (Å²) in [6.07, 6.45) is 0. The molecule has 6 nitrogen and oxygen atoms in total. The summed E-state index contributed by atoms with van der Waals surface area (Å²) in [7, 11) is 7.04. The van der Waals surface area contributed by atoms with Gasteiger partial charge in [0.15, 0.2) is 0 Å². The van der Waals surface area contributed by atoms with Crippen molar-refractivity contribution in [3.05, 3.63) is 45.9 Å². The van der Waals surface area contributed by atoms with Crippen LogP contribution in [0.5, 0.6) is 17.2 Å². The van der Waals surface area contributed by atoms with E-state index in [4.69, 9.17) is 19.6 Å². The average Bonchev–Trinajstić information content (AvgIpc) is 2.66. The van der Waals surface area contributed by atoms with Crippen molar-refractivity contribution < 1.29 is 14.2 Å². The van der Waals surface area contributed by atoms with Gasteiger partial charge in [-0.3, -0.25) is 5.41 Å². The minimum absolute atomic E-state index is 0.0632. The monoisotopic (exact) mass is 429 g/mol. The lowest BCUT2D eigenvalue weighted by Crippen LogP contribution is -2.31. The van der Waals surface area contributed by atoms with Crippen LogP contribution in [-0.4, -0.2) is 34.2 Å². The van der Waals surface area contributed by atoms with Crippen LogP contribution in [0.25, 0.3) is 0 Å². The fraction of sp³-hybridized carbons (Fsp3) is 0.300. The standard InChI is InChI=1S/C20H20BrN3O3/c1-24(2)12-5-6-13-15(9-12)27-20(23)14(10-22)18(13)11-7-16(25-3)19(21)17(8-11)26-4/h5-9,14,18,23H,1-4H3. The van der Waals surface area contributed by atoms with Gasteiger partial charge >= 0.3 is 0 Å². The van der Waals surface area contributed by atoms with Crippen LogP contribution in [0.15, 0.2) is 34.8 Å². The third-order valence-electron chi connectivity index (χ3n) is 4.65. The Labute approximate surface area is 166 Å². The highest BCUT2D eigenvalue weighted by molar-refractivity contribution is 9.10. The zero-order valence-corrected chi connectivity index (χ0v) is 17.1. The summed E-state index contributed by atoms with van der Waals surface area (Å²) < 4.78 is 17.3. The van der Waals surface area contributed by atoms with Crippen LogP contribution >= 0.6 is 15.9 Å². The maximum absolute atomic E-state index is 9.72. The number of nitrogens with one attached hydrogen (secondary N) is 1. The summed E-state index contributed by atoms with van der Waals surface area (Å²) in [6, 6.07) is 11.8. The Kier molecular flexibility index (Phi) is 5.29. The van der Waals surface area contributed by atoms with Crippen LogP contribution in [0.4, 0.5) is 5.69 Å². The normalized spacial score (nSPS) is 18.1. The third-order valence-corrected chi connectivity index (χ3v) is 5.43. The van der Waals surface area contributed by atoms with Crippen LogP contribution in [0.2, 0.25) is 0 Å². The second-order valence-electron chi connectivity index (χ2n) is 6.41. The maximum Gasteiger partial charge on any atom is 0.205 e. The molecule has 2 unspecified atom stereocenters. The van der Waals surface area contributed by atoms with Crippen molar-refractivity contribution in [3.8, 4) is 23.3 Å². The highest BCUT2D eigenvalue weighted by atomic mass is 79.9. The van der Waals surface area contributed by atoms with Gasteiger partial charge in [-0.25, -0.2) is 0 Å². The molecule has 0 saturated heterocycles. The minimum Gasteiger partial charge on any atom is -0.495 e. The van der Waals surface area contributed by atoms with E-state index in [2.05, 4.69) is 22.0 Å². The number of nitrogens with zero attached hydrogens (tertiary/aromatic N) is 2. The first kappa shape index (κ1) is 19.1. The number of fused-ring (bicyclic) bond motifs is 1. The van der Waals surface area contributed by atoms with Crippen molar-refractivity contribution in [2.45, 2.75) is 5.92 Å². The summed E-state index contributed by atoms with van der Waals surface area (Å²) in [5, 5.41) is 18.0. The smallest absolute Gasteiger partial charge is 0.205 e. The summed E-state index contributed by atoms with van der Waals surface area (Å²) in [6.45, 7) is 0. The second-order valence-corrected chi connectivity index (χ2v) is 7.20. The summed E-state index contributed by atoms with van der Waals surface area (Å²) in [5.41, 5.74) is 2.64. The van der Waals surface area contributed by atoms with Crippen LogP contribution in [0.1, 0.15) is 17.0 Å². The summed E-state index contributed by atoms with van der Waals surface area (Å²) >= 11 is 3.47. The van der Waals surface area contributed by atoms with Gasteiger partial charge in [-0.15, -0.1) is 0 Å². The van der Waals surface area contributed by atoms with Crippen molar-refractivity contribution in [3.63, 3.8) is 0 Å². The lowest BCUT2D eigenvalue weighted by Gasteiger charge is -2.31. The van der Waals surface area contributed by atoms with Crippen LogP contribution < -0.4 is 19.1 Å². The SMILES string of the molecule is COc1cc(C2c3ccc(N(C)C)cc3OC(=N)C2C#N)cc(OC)c1Br. The molecule has 140 valence electrons. The van der Waals surface area contributed by atoms with Crippen molar-refractivity contribution in [1.29, 1.82) is 10.7 Å². The molecule has 0 aromatic heterocycles. The molecule has 3 rings (SSSR count). The molecule has 0 saturated carbocycles. The number of benzene rings is 2. The molecule has 1 aliphatic rings. The Morgan fingerprint density at radius 1 is 1.15 bits per heavy atom. The second kappa shape index (κ2) is 7.49. The molecule has 27 heavy (non-hydrogen) atoms. The maximum atomic E-state index is 9.72. The number of anilines is 1. The Morgan fingerprint density at radius 3 is 2.30 bits per heavy atom. The molecule has 0 bridgehead atoms. The Morgan fingerprint density at radius 2 is 1.78 bits per heavy atom. The molecular weight excluding hydrogens is 410 g/mol. The molecule has 0 spiro atoms. The van der Waals surface area contributed by atoms with Crippen molar-refractivity contribution in [2.24, 2.45) is 5.92 Å². The van der Waals surface area contributed by atoms with Gasteiger partial charge < -0.3 is 19.1 Å². The van der Waals surface area contributed by atoms with Gasteiger partial charge in [-0.1, -0.05) is 6.07 Å². The van der Waals surface area contributed by atoms with Gasteiger partial charge in [-0.05, 0) is 39.7 Å². The number of nitriles is 1. The average molecular weight is 430 g/mol. The number of ether oxygens (including phenoxy) is 3. The van der Waals surface area contributed by atoms with E-state index in [1.54, 1.807) is 14.2 Å². The van der Waals surface area contributed by atoms with E-state index in [1.165, 1.54) is 0 Å². The van der Waals surface area contributed by atoms with Gasteiger partial charge in [0.25, 0.3) is 0 Å². The minimum atomic E-state index is -0.738. The van der Waals surface area contributed by atoms with Gasteiger partial charge in [0, 0.05) is 37.3 Å². The summed E-state index contributed by atoms with van der Waals surface area (Å²) in [5.74, 6) is 0.628. The molecule has 0 aliphatic carbocycles. The molecule has 7 heteroatoms.